The van der Waals surface area contributed by atoms with Crippen LogP contribution in [-0.2, 0) is 6.54 Å². The average Bonchev–Trinajstić information content (AvgIpc) is 2.87. The van der Waals surface area contributed by atoms with E-state index in [1.807, 2.05) is 22.8 Å². The molecule has 18 heavy (non-hydrogen) atoms. The monoisotopic (exact) mass is 297 g/mol. The third-order valence-electron chi connectivity index (χ3n) is 2.66. The van der Waals surface area contributed by atoms with Crippen molar-refractivity contribution >= 4 is 46.2 Å². The molecule has 0 aliphatic rings. The number of nitrogens with zero attached hydrogens (tertiary/aromatic N) is 1. The SMILES string of the molecule is O=c1[nH]c(Cn2c(=S)[nH]c3c(Cl)cccc32)cs1. The van der Waals surface area contributed by atoms with E-state index in [9.17, 15) is 4.79 Å². The van der Waals surface area contributed by atoms with Gasteiger partial charge in [0.25, 0.3) is 0 Å². The van der Waals surface area contributed by atoms with E-state index in [0.717, 1.165) is 28.1 Å². The molecule has 2 heterocycles. The Labute approximate surface area is 116 Å². The third-order valence-corrected chi connectivity index (χ3v) is 4.01. The van der Waals surface area contributed by atoms with Crippen LogP contribution in [0.25, 0.3) is 11.0 Å². The molecular formula is C11H8ClN3OS2. The molecule has 0 saturated carbocycles. The summed E-state index contributed by atoms with van der Waals surface area (Å²) in [6.07, 6.45) is 0. The van der Waals surface area contributed by atoms with Crippen molar-refractivity contribution in [2.45, 2.75) is 6.54 Å². The number of fused-ring (bicyclic) bond motifs is 1. The Morgan fingerprint density at radius 3 is 2.94 bits per heavy atom. The number of rotatable bonds is 2. The zero-order chi connectivity index (χ0) is 12.7. The van der Waals surface area contributed by atoms with Crippen molar-refractivity contribution in [1.82, 2.24) is 14.5 Å². The summed E-state index contributed by atoms with van der Waals surface area (Å²) in [5.74, 6) is 0. The van der Waals surface area contributed by atoms with Gasteiger partial charge in [0, 0.05) is 11.1 Å². The molecule has 0 aliphatic carbocycles. The Hall–Kier alpha value is -1.37. The fourth-order valence-corrected chi connectivity index (χ4v) is 2.92. The van der Waals surface area contributed by atoms with Crippen molar-refractivity contribution in [3.8, 4) is 0 Å². The first-order valence-corrected chi connectivity index (χ1v) is 6.85. The molecule has 1 aromatic carbocycles. The van der Waals surface area contributed by atoms with Gasteiger partial charge < -0.3 is 14.5 Å². The minimum atomic E-state index is -0.0607. The Morgan fingerprint density at radius 1 is 1.39 bits per heavy atom. The number of hydrogen-bond donors (Lipinski definition) is 2. The van der Waals surface area contributed by atoms with Gasteiger partial charge in [0.05, 0.1) is 22.6 Å². The number of aromatic nitrogens is 3. The summed E-state index contributed by atoms with van der Waals surface area (Å²) in [5, 5.41) is 2.43. The topological polar surface area (TPSA) is 53.6 Å². The molecule has 0 radical (unpaired) electrons. The summed E-state index contributed by atoms with van der Waals surface area (Å²) in [5.41, 5.74) is 2.59. The Morgan fingerprint density at radius 2 is 2.22 bits per heavy atom. The predicted molar refractivity (Wildman–Crippen MR) is 76.2 cm³/mol. The first-order chi connectivity index (χ1) is 8.65. The Balaban J connectivity index is 2.17. The summed E-state index contributed by atoms with van der Waals surface area (Å²) >= 11 is 12.5. The van der Waals surface area contributed by atoms with Crippen LogP contribution in [0.2, 0.25) is 5.02 Å². The summed E-state index contributed by atoms with van der Waals surface area (Å²) in [4.78, 5) is 16.9. The number of aromatic amines is 2. The number of hydrogen-bond acceptors (Lipinski definition) is 3. The molecule has 0 amide bonds. The lowest BCUT2D eigenvalue weighted by molar-refractivity contribution is 0.789. The maximum absolute atomic E-state index is 11.1. The van der Waals surface area contributed by atoms with Crippen LogP contribution in [-0.4, -0.2) is 14.5 Å². The fraction of sp³-hybridized carbons (Fsp3) is 0.0909. The van der Waals surface area contributed by atoms with Crippen LogP contribution in [0.3, 0.4) is 0 Å². The standard InChI is InChI=1S/C11H8ClN3OS2/c12-7-2-1-3-8-9(7)14-10(17)15(8)4-6-5-18-11(16)13-6/h1-3,5H,4H2,(H,13,16)(H,14,17). The largest absolute Gasteiger partial charge is 0.329 e. The Bertz CT molecular complexity index is 827. The first-order valence-electron chi connectivity index (χ1n) is 5.19. The number of nitrogens with one attached hydrogen (secondary N) is 2. The van der Waals surface area contributed by atoms with Crippen LogP contribution < -0.4 is 4.87 Å². The summed E-state index contributed by atoms with van der Waals surface area (Å²) in [7, 11) is 0. The van der Waals surface area contributed by atoms with Crippen LogP contribution in [0, 0.1) is 4.77 Å². The molecule has 3 rings (SSSR count). The number of imidazole rings is 1. The van der Waals surface area contributed by atoms with E-state index in [0.29, 0.717) is 16.3 Å². The van der Waals surface area contributed by atoms with E-state index >= 15 is 0 Å². The lowest BCUT2D eigenvalue weighted by Crippen LogP contribution is -2.02. The zero-order valence-corrected chi connectivity index (χ0v) is 11.5. The van der Waals surface area contributed by atoms with Gasteiger partial charge in [0.2, 0.25) is 0 Å². The summed E-state index contributed by atoms with van der Waals surface area (Å²) in [6, 6.07) is 5.63. The minimum absolute atomic E-state index is 0.0607. The van der Waals surface area contributed by atoms with Crippen LogP contribution in [0.4, 0.5) is 0 Å². The molecule has 0 atom stereocenters. The molecule has 0 unspecified atom stereocenters. The molecule has 0 aliphatic heterocycles. The van der Waals surface area contributed by atoms with Crippen molar-refractivity contribution in [2.24, 2.45) is 0 Å². The van der Waals surface area contributed by atoms with Gasteiger partial charge in [-0.25, -0.2) is 0 Å². The molecule has 3 aromatic rings. The quantitative estimate of drug-likeness (QED) is 0.714. The van der Waals surface area contributed by atoms with Gasteiger partial charge in [0.15, 0.2) is 4.77 Å². The van der Waals surface area contributed by atoms with Gasteiger partial charge in [0.1, 0.15) is 0 Å². The number of thiazole rings is 1. The van der Waals surface area contributed by atoms with Crippen molar-refractivity contribution in [2.75, 3.05) is 0 Å². The van der Waals surface area contributed by atoms with Gasteiger partial charge in [-0.1, -0.05) is 29.0 Å². The van der Waals surface area contributed by atoms with Crippen LogP contribution in [0.1, 0.15) is 5.69 Å². The van der Waals surface area contributed by atoms with Gasteiger partial charge >= 0.3 is 4.87 Å². The van der Waals surface area contributed by atoms with Crippen LogP contribution in [0.15, 0.2) is 28.4 Å². The van der Waals surface area contributed by atoms with Crippen molar-refractivity contribution in [3.63, 3.8) is 0 Å². The molecule has 0 spiro atoms. The fourth-order valence-electron chi connectivity index (χ4n) is 1.86. The van der Waals surface area contributed by atoms with E-state index < -0.39 is 0 Å². The maximum atomic E-state index is 11.1. The van der Waals surface area contributed by atoms with Gasteiger partial charge in [-0.2, -0.15) is 0 Å². The third kappa shape index (κ3) is 1.92. The lowest BCUT2D eigenvalue weighted by Gasteiger charge is -2.02. The highest BCUT2D eigenvalue weighted by molar-refractivity contribution is 7.71. The highest BCUT2D eigenvalue weighted by atomic mass is 35.5. The smallest absolute Gasteiger partial charge is 0.304 e. The minimum Gasteiger partial charge on any atom is -0.329 e. The first kappa shape index (κ1) is 11.7. The van der Waals surface area contributed by atoms with Crippen molar-refractivity contribution < 1.29 is 0 Å². The van der Waals surface area contributed by atoms with Gasteiger partial charge in [-0.05, 0) is 24.4 Å². The molecule has 2 N–H and O–H groups in total. The van der Waals surface area contributed by atoms with E-state index in [2.05, 4.69) is 9.97 Å². The predicted octanol–water partition coefficient (Wildman–Crippen LogP) is 3.15. The van der Waals surface area contributed by atoms with E-state index in [1.54, 1.807) is 5.38 Å². The van der Waals surface area contributed by atoms with Crippen LogP contribution >= 0.6 is 35.2 Å². The van der Waals surface area contributed by atoms with E-state index in [1.165, 1.54) is 0 Å². The van der Waals surface area contributed by atoms with Crippen LogP contribution in [0.5, 0.6) is 0 Å². The number of halogens is 1. The highest BCUT2D eigenvalue weighted by Gasteiger charge is 2.08. The summed E-state index contributed by atoms with van der Waals surface area (Å²) < 4.78 is 2.50. The molecular weight excluding hydrogens is 290 g/mol. The Kier molecular flexibility index (Phi) is 2.85. The van der Waals surface area contributed by atoms with E-state index in [-0.39, 0.29) is 4.87 Å². The average molecular weight is 298 g/mol. The van der Waals surface area contributed by atoms with Crippen molar-refractivity contribution in [3.05, 3.63) is 48.7 Å². The maximum Gasteiger partial charge on any atom is 0.304 e. The highest BCUT2D eigenvalue weighted by Crippen LogP contribution is 2.23. The normalized spacial score (nSPS) is 11.2. The molecule has 7 heteroatoms. The molecule has 92 valence electrons. The second-order valence-corrected chi connectivity index (χ2v) is 5.46. The van der Waals surface area contributed by atoms with Gasteiger partial charge in [-0.3, -0.25) is 4.79 Å². The van der Waals surface area contributed by atoms with Crippen molar-refractivity contribution in [1.29, 1.82) is 0 Å². The molecule has 4 nitrogen and oxygen atoms in total. The summed E-state index contributed by atoms with van der Waals surface area (Å²) in [6.45, 7) is 0.526. The second kappa shape index (κ2) is 4.38. The lowest BCUT2D eigenvalue weighted by atomic mass is 10.3. The molecule has 0 bridgehead atoms. The van der Waals surface area contributed by atoms with Gasteiger partial charge in [-0.15, -0.1) is 0 Å². The molecule has 0 fully saturated rings. The van der Waals surface area contributed by atoms with E-state index in [4.69, 9.17) is 23.8 Å². The zero-order valence-electron chi connectivity index (χ0n) is 9.07. The number of para-hydroxylation sites is 1. The second-order valence-electron chi connectivity index (χ2n) is 3.82. The molecule has 2 aromatic heterocycles. The number of benzene rings is 1. The molecule has 0 saturated heterocycles. The number of H-pyrrole nitrogens is 2.